The molecule has 0 saturated heterocycles. The summed E-state index contributed by atoms with van der Waals surface area (Å²) in [5.74, 6) is -0.0199. The Morgan fingerprint density at radius 3 is 2.00 bits per heavy atom. The van der Waals surface area contributed by atoms with Gasteiger partial charge in [0, 0.05) is 12.1 Å². The summed E-state index contributed by atoms with van der Waals surface area (Å²) in [5.41, 5.74) is 2.33. The zero-order valence-electron chi connectivity index (χ0n) is 18.5. The molecule has 1 atom stereocenters. The first-order valence-corrected chi connectivity index (χ1v) is 9.82. The van der Waals surface area contributed by atoms with Crippen molar-refractivity contribution in [1.29, 1.82) is 0 Å². The molecule has 0 aliphatic rings. The number of phenolic OH excluding ortho intramolecular Hbond substituents is 1. The van der Waals surface area contributed by atoms with Crippen LogP contribution in [0.25, 0.3) is 0 Å². The van der Waals surface area contributed by atoms with Crippen LogP contribution < -0.4 is 10.1 Å². The molecular formula is C24H33NO4. The Balaban J connectivity index is 2.51. The fourth-order valence-electron chi connectivity index (χ4n) is 3.38. The van der Waals surface area contributed by atoms with Crippen molar-refractivity contribution in [3.05, 3.63) is 58.7 Å². The average Bonchev–Trinajstić information content (AvgIpc) is 2.61. The van der Waals surface area contributed by atoms with Gasteiger partial charge in [0.2, 0.25) is 0 Å². The third-order valence-electron chi connectivity index (χ3n) is 5.02. The van der Waals surface area contributed by atoms with Gasteiger partial charge in [0.25, 0.3) is 0 Å². The van der Waals surface area contributed by atoms with Gasteiger partial charge in [-0.1, -0.05) is 59.7 Å². The maximum Gasteiger partial charge on any atom is 0.325 e. The van der Waals surface area contributed by atoms with E-state index in [1.165, 1.54) is 0 Å². The molecule has 0 aliphatic heterocycles. The van der Waals surface area contributed by atoms with Crippen LogP contribution in [0.5, 0.6) is 11.5 Å². The third kappa shape index (κ3) is 5.30. The highest BCUT2D eigenvalue weighted by Crippen LogP contribution is 2.41. The number of phenols is 1. The Morgan fingerprint density at radius 1 is 1.03 bits per heavy atom. The van der Waals surface area contributed by atoms with E-state index in [9.17, 15) is 15.0 Å². The molecule has 158 valence electrons. The summed E-state index contributed by atoms with van der Waals surface area (Å²) in [6, 6.07) is 10.2. The maximum atomic E-state index is 12.1. The van der Waals surface area contributed by atoms with Crippen molar-refractivity contribution in [3.63, 3.8) is 0 Å². The number of para-hydroxylation sites is 1. The molecule has 5 heteroatoms. The van der Waals surface area contributed by atoms with E-state index >= 15 is 0 Å². The van der Waals surface area contributed by atoms with Gasteiger partial charge in [0.1, 0.15) is 17.5 Å². The largest absolute Gasteiger partial charge is 0.507 e. The lowest BCUT2D eigenvalue weighted by molar-refractivity contribution is -0.139. The molecular weight excluding hydrogens is 366 g/mol. The monoisotopic (exact) mass is 399 g/mol. The summed E-state index contributed by atoms with van der Waals surface area (Å²) >= 11 is 0. The zero-order valence-corrected chi connectivity index (χ0v) is 18.5. The molecule has 0 radical (unpaired) electrons. The number of rotatable bonds is 6. The van der Waals surface area contributed by atoms with Crippen LogP contribution in [0.3, 0.4) is 0 Å². The minimum atomic E-state index is -0.967. The van der Waals surface area contributed by atoms with Crippen molar-refractivity contribution in [2.45, 2.75) is 65.0 Å². The Morgan fingerprint density at radius 2 is 1.55 bits per heavy atom. The highest BCUT2D eigenvalue weighted by Gasteiger charge is 2.30. The maximum absolute atomic E-state index is 12.1. The van der Waals surface area contributed by atoms with Crippen LogP contribution in [0.4, 0.5) is 0 Å². The molecule has 0 saturated carbocycles. The van der Waals surface area contributed by atoms with Gasteiger partial charge in [-0.3, -0.25) is 10.1 Å². The van der Waals surface area contributed by atoms with Gasteiger partial charge in [0.05, 0.1) is 7.11 Å². The number of benzene rings is 2. The number of aromatic hydroxyl groups is 1. The smallest absolute Gasteiger partial charge is 0.325 e. The highest BCUT2D eigenvalue weighted by molar-refractivity contribution is 5.76. The molecule has 2 rings (SSSR count). The minimum absolute atomic E-state index is 0.239. The highest BCUT2D eigenvalue weighted by atomic mass is 16.5. The predicted molar refractivity (Wildman–Crippen MR) is 116 cm³/mol. The van der Waals surface area contributed by atoms with Gasteiger partial charge < -0.3 is 14.9 Å². The quantitative estimate of drug-likeness (QED) is 0.643. The topological polar surface area (TPSA) is 78.8 Å². The van der Waals surface area contributed by atoms with E-state index in [2.05, 4.69) is 5.32 Å². The van der Waals surface area contributed by atoms with Crippen molar-refractivity contribution >= 4 is 5.97 Å². The van der Waals surface area contributed by atoms with Gasteiger partial charge in [-0.05, 0) is 45.7 Å². The Bertz CT molecular complexity index is 840. The van der Waals surface area contributed by atoms with Crippen LogP contribution in [-0.4, -0.2) is 23.3 Å². The van der Waals surface area contributed by atoms with Gasteiger partial charge in [-0.25, -0.2) is 0 Å². The summed E-state index contributed by atoms with van der Waals surface area (Å²) < 4.78 is 5.37. The number of ether oxygens (including phenoxy) is 1. The van der Waals surface area contributed by atoms with Crippen LogP contribution in [0.15, 0.2) is 36.4 Å². The molecule has 2 aromatic carbocycles. The third-order valence-corrected chi connectivity index (χ3v) is 5.02. The second-order valence-electron chi connectivity index (χ2n) is 9.43. The van der Waals surface area contributed by atoms with E-state index in [1.54, 1.807) is 19.2 Å². The first-order chi connectivity index (χ1) is 13.4. The standard InChI is InChI=1S/C24H33NO4/c1-23(2,3)17-12-16(13-18(21(17)26)24(4,5)6)20(22(27)28)25-14-15-10-8-9-11-19(15)29-7/h8-13,20,25-26H,14H2,1-7H3,(H,27,28). The lowest BCUT2D eigenvalue weighted by atomic mass is 9.77. The molecule has 3 N–H and O–H groups in total. The zero-order chi connectivity index (χ0) is 22.0. The molecule has 0 fully saturated rings. The minimum Gasteiger partial charge on any atom is -0.507 e. The van der Waals surface area contributed by atoms with E-state index < -0.39 is 12.0 Å². The number of hydrogen-bond acceptors (Lipinski definition) is 4. The van der Waals surface area contributed by atoms with E-state index in [-0.39, 0.29) is 16.6 Å². The number of aliphatic carboxylic acids is 1. The molecule has 29 heavy (non-hydrogen) atoms. The number of nitrogens with one attached hydrogen (secondary N) is 1. The van der Waals surface area contributed by atoms with E-state index in [4.69, 9.17) is 4.74 Å². The van der Waals surface area contributed by atoms with Crippen molar-refractivity contribution < 1.29 is 19.7 Å². The van der Waals surface area contributed by atoms with Crippen molar-refractivity contribution in [1.82, 2.24) is 5.32 Å². The SMILES string of the molecule is COc1ccccc1CNC(C(=O)O)c1cc(C(C)(C)C)c(O)c(C(C)(C)C)c1. The lowest BCUT2D eigenvalue weighted by Crippen LogP contribution is -2.29. The fraction of sp³-hybridized carbons (Fsp3) is 0.458. The Hall–Kier alpha value is -2.53. The molecule has 0 spiro atoms. The predicted octanol–water partition coefficient (Wildman–Crippen LogP) is 4.91. The number of carbonyl (C=O) groups is 1. The van der Waals surface area contributed by atoms with Crippen LogP contribution in [0.2, 0.25) is 0 Å². The normalized spacial score (nSPS) is 13.2. The molecule has 0 aliphatic carbocycles. The lowest BCUT2D eigenvalue weighted by Gasteiger charge is -2.29. The summed E-state index contributed by atoms with van der Waals surface area (Å²) in [5, 5.41) is 24.0. The van der Waals surface area contributed by atoms with E-state index in [0.29, 0.717) is 17.9 Å². The van der Waals surface area contributed by atoms with Gasteiger partial charge in [-0.15, -0.1) is 0 Å². The number of carboxylic acid groups (broad SMARTS) is 1. The Kier molecular flexibility index (Phi) is 6.63. The number of hydrogen-bond donors (Lipinski definition) is 3. The molecule has 2 aromatic rings. The van der Waals surface area contributed by atoms with Crippen LogP contribution in [0, 0.1) is 0 Å². The summed E-state index contributed by atoms with van der Waals surface area (Å²) in [7, 11) is 1.60. The van der Waals surface area contributed by atoms with Gasteiger partial charge in [-0.2, -0.15) is 0 Å². The molecule has 0 aromatic heterocycles. The van der Waals surface area contributed by atoms with Crippen LogP contribution in [-0.2, 0) is 22.2 Å². The second-order valence-corrected chi connectivity index (χ2v) is 9.43. The first kappa shape index (κ1) is 22.8. The van der Waals surface area contributed by atoms with Crippen molar-refractivity contribution in [2.75, 3.05) is 7.11 Å². The molecule has 0 heterocycles. The Labute approximate surface area is 173 Å². The second kappa shape index (κ2) is 8.46. The van der Waals surface area contributed by atoms with E-state index in [1.807, 2.05) is 65.8 Å². The number of methoxy groups -OCH3 is 1. The van der Waals surface area contributed by atoms with Crippen molar-refractivity contribution in [2.24, 2.45) is 0 Å². The summed E-state index contributed by atoms with van der Waals surface area (Å²) in [4.78, 5) is 12.1. The molecule has 1 unspecified atom stereocenters. The number of carboxylic acids is 1. The average molecular weight is 400 g/mol. The first-order valence-electron chi connectivity index (χ1n) is 9.82. The summed E-state index contributed by atoms with van der Waals surface area (Å²) in [6.07, 6.45) is 0. The van der Waals surface area contributed by atoms with E-state index in [0.717, 1.165) is 16.7 Å². The fourth-order valence-corrected chi connectivity index (χ4v) is 3.38. The van der Waals surface area contributed by atoms with Gasteiger partial charge >= 0.3 is 5.97 Å². The molecule has 5 nitrogen and oxygen atoms in total. The van der Waals surface area contributed by atoms with Gasteiger partial charge in [0.15, 0.2) is 0 Å². The summed E-state index contributed by atoms with van der Waals surface area (Å²) in [6.45, 7) is 12.4. The molecule has 0 bridgehead atoms. The van der Waals surface area contributed by atoms with Crippen LogP contribution >= 0.6 is 0 Å². The molecule has 0 amide bonds. The van der Waals surface area contributed by atoms with Crippen molar-refractivity contribution in [3.8, 4) is 11.5 Å². The van der Waals surface area contributed by atoms with Crippen LogP contribution in [0.1, 0.15) is 69.8 Å².